The van der Waals surface area contributed by atoms with E-state index in [-0.39, 0.29) is 12.2 Å². The van der Waals surface area contributed by atoms with Gasteiger partial charge in [0.1, 0.15) is 5.69 Å². The number of nitrogens with zero attached hydrogens (tertiary/aromatic N) is 1. The molecule has 1 heterocycles. The predicted octanol–water partition coefficient (Wildman–Crippen LogP) is 2.39. The van der Waals surface area contributed by atoms with Gasteiger partial charge in [0.05, 0.1) is 0 Å². The molecule has 0 aliphatic carbocycles. The molecule has 0 amide bonds. The summed E-state index contributed by atoms with van der Waals surface area (Å²) in [6.07, 6.45) is -2.55. The van der Waals surface area contributed by atoms with Crippen molar-refractivity contribution in [3.63, 3.8) is 0 Å². The van der Waals surface area contributed by atoms with Crippen molar-refractivity contribution < 1.29 is 8.78 Å². The van der Waals surface area contributed by atoms with Crippen molar-refractivity contribution in [3.8, 4) is 0 Å². The maximum atomic E-state index is 12.5. The zero-order chi connectivity index (χ0) is 10.0. The van der Waals surface area contributed by atoms with Crippen LogP contribution in [0.2, 0.25) is 0 Å². The predicted molar refractivity (Wildman–Crippen MR) is 54.5 cm³/mol. The fourth-order valence-corrected chi connectivity index (χ4v) is 2.01. The van der Waals surface area contributed by atoms with Crippen molar-refractivity contribution in [3.05, 3.63) is 26.6 Å². The Morgan fingerprint density at radius 3 is 2.69 bits per heavy atom. The Morgan fingerprint density at radius 1 is 1.62 bits per heavy atom. The summed E-state index contributed by atoms with van der Waals surface area (Å²) < 4.78 is 25.7. The summed E-state index contributed by atoms with van der Waals surface area (Å²) in [5.41, 5.74) is 6.21. The molecule has 0 fully saturated rings. The van der Waals surface area contributed by atoms with Crippen LogP contribution in [-0.4, -0.2) is 4.98 Å². The first-order valence-corrected chi connectivity index (χ1v) is 4.78. The number of alkyl halides is 2. The normalized spacial score (nSPS) is 10.9. The van der Waals surface area contributed by atoms with Crippen LogP contribution in [0, 0.1) is 10.5 Å². The summed E-state index contributed by atoms with van der Waals surface area (Å²) in [6.45, 7) is 1.79. The molecule has 13 heavy (non-hydrogen) atoms. The van der Waals surface area contributed by atoms with Crippen molar-refractivity contribution in [2.75, 3.05) is 0 Å². The lowest BCUT2D eigenvalue weighted by Gasteiger charge is -2.09. The van der Waals surface area contributed by atoms with Gasteiger partial charge in [0.25, 0.3) is 6.43 Å². The average molecular weight is 298 g/mol. The molecule has 0 aliphatic heterocycles. The van der Waals surface area contributed by atoms with E-state index >= 15 is 0 Å². The van der Waals surface area contributed by atoms with Crippen LogP contribution >= 0.6 is 22.6 Å². The summed E-state index contributed by atoms with van der Waals surface area (Å²) in [6, 6.07) is 1.74. The molecule has 0 bridgehead atoms. The van der Waals surface area contributed by atoms with Crippen LogP contribution in [0.1, 0.15) is 23.4 Å². The summed E-state index contributed by atoms with van der Waals surface area (Å²) >= 11 is 1.99. The van der Waals surface area contributed by atoms with Crippen molar-refractivity contribution in [1.82, 2.24) is 4.98 Å². The number of nitrogens with two attached hydrogens (primary N) is 1. The molecule has 0 radical (unpaired) electrons. The van der Waals surface area contributed by atoms with Gasteiger partial charge in [-0.05, 0) is 35.6 Å². The second kappa shape index (κ2) is 4.28. The highest BCUT2D eigenvalue weighted by atomic mass is 127. The lowest BCUT2D eigenvalue weighted by atomic mass is 10.2. The number of halogens is 3. The molecular formula is C8H9F2IN2. The number of aryl methyl sites for hydroxylation is 1. The van der Waals surface area contributed by atoms with Gasteiger partial charge in [0.2, 0.25) is 0 Å². The Kier molecular flexibility index (Phi) is 3.55. The Morgan fingerprint density at radius 2 is 2.23 bits per heavy atom. The fourth-order valence-electron chi connectivity index (χ4n) is 1.07. The molecule has 0 aromatic carbocycles. The Hall–Kier alpha value is -0.300. The van der Waals surface area contributed by atoms with E-state index in [1.54, 1.807) is 13.0 Å². The third kappa shape index (κ3) is 2.34. The lowest BCUT2D eigenvalue weighted by Crippen LogP contribution is -2.08. The summed E-state index contributed by atoms with van der Waals surface area (Å²) in [4.78, 5) is 3.77. The van der Waals surface area contributed by atoms with Crippen molar-refractivity contribution in [2.45, 2.75) is 19.9 Å². The third-order valence-corrected chi connectivity index (χ3v) is 2.60. The molecule has 1 aromatic heterocycles. The first kappa shape index (κ1) is 10.8. The molecule has 2 N–H and O–H groups in total. The Labute approximate surface area is 88.7 Å². The van der Waals surface area contributed by atoms with Gasteiger partial charge in [-0.25, -0.2) is 8.78 Å². The van der Waals surface area contributed by atoms with Gasteiger partial charge in [-0.1, -0.05) is 0 Å². The van der Waals surface area contributed by atoms with Gasteiger partial charge in [-0.2, -0.15) is 0 Å². The number of hydrogen-bond donors (Lipinski definition) is 1. The SMILES string of the molecule is Cc1cc(I)c(CN)c(C(F)F)n1. The van der Waals surface area contributed by atoms with E-state index < -0.39 is 6.43 Å². The molecule has 2 nitrogen and oxygen atoms in total. The molecule has 0 atom stereocenters. The van der Waals surface area contributed by atoms with Crippen LogP contribution in [0.4, 0.5) is 8.78 Å². The van der Waals surface area contributed by atoms with Crippen LogP contribution in [0.5, 0.6) is 0 Å². The number of rotatable bonds is 2. The maximum Gasteiger partial charge on any atom is 0.280 e. The molecule has 1 rings (SSSR count). The summed E-state index contributed by atoms with van der Waals surface area (Å²) in [5, 5.41) is 0. The summed E-state index contributed by atoms with van der Waals surface area (Å²) in [5.74, 6) is 0. The average Bonchev–Trinajstić information content (AvgIpc) is 2.02. The monoisotopic (exact) mass is 298 g/mol. The minimum atomic E-state index is -2.55. The van der Waals surface area contributed by atoms with E-state index in [0.717, 1.165) is 3.57 Å². The van der Waals surface area contributed by atoms with Gasteiger partial charge >= 0.3 is 0 Å². The van der Waals surface area contributed by atoms with Crippen molar-refractivity contribution in [1.29, 1.82) is 0 Å². The first-order chi connectivity index (χ1) is 6.06. The van der Waals surface area contributed by atoms with Crippen LogP contribution < -0.4 is 5.73 Å². The van der Waals surface area contributed by atoms with Gasteiger partial charge < -0.3 is 5.73 Å². The van der Waals surface area contributed by atoms with E-state index in [1.807, 2.05) is 22.6 Å². The second-order valence-electron chi connectivity index (χ2n) is 2.61. The van der Waals surface area contributed by atoms with Crippen LogP contribution in [0.3, 0.4) is 0 Å². The minimum absolute atomic E-state index is 0.102. The highest BCUT2D eigenvalue weighted by Gasteiger charge is 2.16. The van der Waals surface area contributed by atoms with E-state index in [9.17, 15) is 8.78 Å². The minimum Gasteiger partial charge on any atom is -0.326 e. The van der Waals surface area contributed by atoms with Crippen LogP contribution in [0.25, 0.3) is 0 Å². The standard InChI is InChI=1S/C8H9F2IN2/c1-4-2-6(11)5(3-12)7(13-4)8(9)10/h2,8H,3,12H2,1H3. The van der Waals surface area contributed by atoms with E-state index in [4.69, 9.17) is 5.73 Å². The highest BCUT2D eigenvalue weighted by molar-refractivity contribution is 14.1. The second-order valence-corrected chi connectivity index (χ2v) is 3.78. The number of aromatic nitrogens is 1. The maximum absolute atomic E-state index is 12.5. The Balaban J connectivity index is 3.29. The molecule has 72 valence electrons. The van der Waals surface area contributed by atoms with E-state index in [0.29, 0.717) is 11.3 Å². The molecule has 1 aromatic rings. The first-order valence-electron chi connectivity index (χ1n) is 3.70. The van der Waals surface area contributed by atoms with Crippen LogP contribution in [0.15, 0.2) is 6.07 Å². The topological polar surface area (TPSA) is 38.9 Å². The molecule has 0 saturated heterocycles. The molecule has 5 heteroatoms. The zero-order valence-electron chi connectivity index (χ0n) is 7.02. The highest BCUT2D eigenvalue weighted by Crippen LogP contribution is 2.24. The fraction of sp³-hybridized carbons (Fsp3) is 0.375. The number of hydrogen-bond acceptors (Lipinski definition) is 2. The van der Waals surface area contributed by atoms with E-state index in [1.165, 1.54) is 0 Å². The van der Waals surface area contributed by atoms with E-state index in [2.05, 4.69) is 4.98 Å². The van der Waals surface area contributed by atoms with Crippen LogP contribution in [-0.2, 0) is 6.54 Å². The zero-order valence-corrected chi connectivity index (χ0v) is 9.18. The van der Waals surface area contributed by atoms with Crippen molar-refractivity contribution >= 4 is 22.6 Å². The molecule has 0 aliphatic rings. The quantitative estimate of drug-likeness (QED) is 0.852. The Bertz CT molecular complexity index is 315. The molecule has 0 saturated carbocycles. The van der Waals surface area contributed by atoms with Gasteiger partial charge in [0.15, 0.2) is 0 Å². The third-order valence-electron chi connectivity index (χ3n) is 1.64. The van der Waals surface area contributed by atoms with Gasteiger partial charge in [-0.15, -0.1) is 0 Å². The molecule has 0 unspecified atom stereocenters. The smallest absolute Gasteiger partial charge is 0.280 e. The summed E-state index contributed by atoms with van der Waals surface area (Å²) in [7, 11) is 0. The van der Waals surface area contributed by atoms with Gasteiger partial charge in [-0.3, -0.25) is 4.98 Å². The largest absolute Gasteiger partial charge is 0.326 e. The van der Waals surface area contributed by atoms with Gasteiger partial charge in [0, 0.05) is 21.4 Å². The molecule has 0 spiro atoms. The number of pyridine rings is 1. The molecular weight excluding hydrogens is 289 g/mol. The lowest BCUT2D eigenvalue weighted by molar-refractivity contribution is 0.144. The van der Waals surface area contributed by atoms with Crippen molar-refractivity contribution in [2.24, 2.45) is 5.73 Å².